The predicted octanol–water partition coefficient (Wildman–Crippen LogP) is 1.27. The second kappa shape index (κ2) is 3.78. The fourth-order valence-electron chi connectivity index (χ4n) is 1.97. The zero-order valence-corrected chi connectivity index (χ0v) is 9.51. The number of fused-ring (bicyclic) bond motifs is 1. The lowest BCUT2D eigenvalue weighted by atomic mass is 10.1. The topological polar surface area (TPSA) is 62.3 Å². The molecule has 0 fully saturated rings. The largest absolute Gasteiger partial charge is 0.454 e. The number of benzene rings is 1. The highest BCUT2D eigenvalue weighted by Crippen LogP contribution is 2.36. The molecule has 3 rings (SSSR count). The molecule has 2 N–H and O–H groups in total. The van der Waals surface area contributed by atoms with Crippen molar-refractivity contribution >= 4 is 0 Å². The van der Waals surface area contributed by atoms with Gasteiger partial charge in [0.25, 0.3) is 0 Å². The quantitative estimate of drug-likeness (QED) is 0.845. The molecule has 0 bridgehead atoms. The van der Waals surface area contributed by atoms with E-state index in [4.69, 9.17) is 15.2 Å². The molecule has 0 spiro atoms. The molecule has 0 amide bonds. The van der Waals surface area contributed by atoms with Crippen molar-refractivity contribution in [3.63, 3.8) is 0 Å². The number of nitrogens with zero attached hydrogens (tertiary/aromatic N) is 2. The van der Waals surface area contributed by atoms with Crippen LogP contribution >= 0.6 is 0 Å². The van der Waals surface area contributed by atoms with Crippen molar-refractivity contribution in [2.45, 2.75) is 6.54 Å². The van der Waals surface area contributed by atoms with Gasteiger partial charge in [-0.1, -0.05) is 0 Å². The number of hydrogen-bond donors (Lipinski definition) is 1. The molecule has 1 aromatic carbocycles. The Labute approximate surface area is 98.8 Å². The maximum absolute atomic E-state index is 5.70. The molecule has 0 unspecified atom stereocenters. The van der Waals surface area contributed by atoms with Crippen molar-refractivity contribution in [2.24, 2.45) is 12.8 Å². The number of hydrogen-bond acceptors (Lipinski definition) is 4. The van der Waals surface area contributed by atoms with E-state index in [1.807, 2.05) is 31.4 Å². The third-order valence-electron chi connectivity index (χ3n) is 2.77. The lowest BCUT2D eigenvalue weighted by Gasteiger charge is -2.02. The molecule has 2 heterocycles. The van der Waals surface area contributed by atoms with E-state index in [0.29, 0.717) is 6.54 Å². The monoisotopic (exact) mass is 231 g/mol. The fraction of sp³-hybridized carbons (Fsp3) is 0.250. The zero-order valence-electron chi connectivity index (χ0n) is 9.51. The van der Waals surface area contributed by atoms with E-state index in [0.717, 1.165) is 28.3 Å². The van der Waals surface area contributed by atoms with E-state index < -0.39 is 0 Å². The van der Waals surface area contributed by atoms with Gasteiger partial charge < -0.3 is 15.2 Å². The van der Waals surface area contributed by atoms with Crippen LogP contribution in [-0.2, 0) is 13.6 Å². The first-order valence-electron chi connectivity index (χ1n) is 5.40. The molecule has 0 radical (unpaired) electrons. The highest BCUT2D eigenvalue weighted by molar-refractivity contribution is 5.67. The van der Waals surface area contributed by atoms with Gasteiger partial charge in [-0.2, -0.15) is 5.10 Å². The van der Waals surface area contributed by atoms with Crippen LogP contribution in [0.4, 0.5) is 0 Å². The van der Waals surface area contributed by atoms with Crippen molar-refractivity contribution < 1.29 is 9.47 Å². The first kappa shape index (κ1) is 10.2. The van der Waals surface area contributed by atoms with Crippen molar-refractivity contribution in [3.8, 4) is 22.8 Å². The van der Waals surface area contributed by atoms with Crippen LogP contribution in [0.3, 0.4) is 0 Å². The third kappa shape index (κ3) is 1.64. The maximum atomic E-state index is 5.70. The number of rotatable bonds is 2. The van der Waals surface area contributed by atoms with Gasteiger partial charge in [0, 0.05) is 30.9 Å². The highest BCUT2D eigenvalue weighted by Gasteiger charge is 2.16. The van der Waals surface area contributed by atoms with Gasteiger partial charge in [0.2, 0.25) is 6.79 Å². The molecule has 5 heteroatoms. The summed E-state index contributed by atoms with van der Waals surface area (Å²) >= 11 is 0. The predicted molar refractivity (Wildman–Crippen MR) is 62.7 cm³/mol. The summed E-state index contributed by atoms with van der Waals surface area (Å²) in [6, 6.07) is 5.80. The van der Waals surface area contributed by atoms with Crippen LogP contribution in [-0.4, -0.2) is 16.6 Å². The van der Waals surface area contributed by atoms with Crippen molar-refractivity contribution in [1.82, 2.24) is 9.78 Å². The molecule has 0 atom stereocenters. The van der Waals surface area contributed by atoms with E-state index in [1.165, 1.54) is 0 Å². The van der Waals surface area contributed by atoms with Crippen molar-refractivity contribution in [3.05, 3.63) is 30.0 Å². The normalized spacial score (nSPS) is 13.1. The third-order valence-corrected chi connectivity index (χ3v) is 2.77. The van der Waals surface area contributed by atoms with Crippen LogP contribution in [0.15, 0.2) is 24.4 Å². The van der Waals surface area contributed by atoms with E-state index in [-0.39, 0.29) is 6.79 Å². The Balaban J connectivity index is 2.08. The van der Waals surface area contributed by atoms with Crippen LogP contribution in [0.2, 0.25) is 0 Å². The van der Waals surface area contributed by atoms with Crippen LogP contribution in [0.1, 0.15) is 5.56 Å². The van der Waals surface area contributed by atoms with E-state index in [9.17, 15) is 0 Å². The molecule has 17 heavy (non-hydrogen) atoms. The Morgan fingerprint density at radius 3 is 3.00 bits per heavy atom. The Kier molecular flexibility index (Phi) is 2.26. The Morgan fingerprint density at radius 2 is 2.18 bits per heavy atom. The molecule has 5 nitrogen and oxygen atoms in total. The minimum Gasteiger partial charge on any atom is -0.454 e. The Hall–Kier alpha value is -2.01. The lowest BCUT2D eigenvalue weighted by Crippen LogP contribution is -1.96. The van der Waals surface area contributed by atoms with Gasteiger partial charge in [-0.05, 0) is 18.2 Å². The summed E-state index contributed by atoms with van der Waals surface area (Å²) in [5.41, 5.74) is 8.62. The van der Waals surface area contributed by atoms with Crippen LogP contribution < -0.4 is 15.2 Å². The van der Waals surface area contributed by atoms with Gasteiger partial charge in [-0.15, -0.1) is 0 Å². The van der Waals surface area contributed by atoms with Gasteiger partial charge in [-0.25, -0.2) is 0 Å². The highest BCUT2D eigenvalue weighted by atomic mass is 16.7. The minimum absolute atomic E-state index is 0.282. The molecule has 2 aromatic rings. The maximum Gasteiger partial charge on any atom is 0.231 e. The first-order chi connectivity index (χ1) is 8.28. The molecule has 1 aromatic heterocycles. The summed E-state index contributed by atoms with van der Waals surface area (Å²) in [7, 11) is 1.88. The molecule has 0 saturated heterocycles. The Bertz CT molecular complexity index is 563. The molecular weight excluding hydrogens is 218 g/mol. The SMILES string of the molecule is Cn1cc(CN)c(-c2ccc3c(c2)OCO3)n1. The standard InChI is InChI=1S/C12H13N3O2/c1-15-6-9(5-13)12(14-15)8-2-3-10-11(4-8)17-7-16-10/h2-4,6H,5,7,13H2,1H3. The Morgan fingerprint density at radius 1 is 1.35 bits per heavy atom. The van der Waals surface area contributed by atoms with Crippen LogP contribution in [0, 0.1) is 0 Å². The summed E-state index contributed by atoms with van der Waals surface area (Å²) in [5.74, 6) is 1.54. The van der Waals surface area contributed by atoms with E-state index >= 15 is 0 Å². The molecule has 1 aliphatic heterocycles. The number of nitrogens with two attached hydrogens (primary N) is 1. The van der Waals surface area contributed by atoms with Gasteiger partial charge in [-0.3, -0.25) is 4.68 Å². The van der Waals surface area contributed by atoms with Gasteiger partial charge in [0.05, 0.1) is 5.69 Å². The molecule has 0 saturated carbocycles. The minimum atomic E-state index is 0.282. The van der Waals surface area contributed by atoms with Crippen molar-refractivity contribution in [2.75, 3.05) is 6.79 Å². The van der Waals surface area contributed by atoms with Gasteiger partial charge in [0.15, 0.2) is 11.5 Å². The number of aromatic nitrogens is 2. The molecular formula is C12H13N3O2. The van der Waals surface area contributed by atoms with Gasteiger partial charge in [0.1, 0.15) is 0 Å². The lowest BCUT2D eigenvalue weighted by molar-refractivity contribution is 0.174. The second-order valence-electron chi connectivity index (χ2n) is 3.95. The zero-order chi connectivity index (χ0) is 11.8. The summed E-state index contributed by atoms with van der Waals surface area (Å²) in [6.45, 7) is 0.752. The average Bonchev–Trinajstić information content (AvgIpc) is 2.93. The number of aryl methyl sites for hydroxylation is 1. The smallest absolute Gasteiger partial charge is 0.231 e. The van der Waals surface area contributed by atoms with Crippen molar-refractivity contribution in [1.29, 1.82) is 0 Å². The first-order valence-corrected chi connectivity index (χ1v) is 5.40. The van der Waals surface area contributed by atoms with E-state index in [1.54, 1.807) is 4.68 Å². The average molecular weight is 231 g/mol. The summed E-state index contributed by atoms with van der Waals surface area (Å²) < 4.78 is 12.4. The summed E-state index contributed by atoms with van der Waals surface area (Å²) in [6.07, 6.45) is 1.93. The van der Waals surface area contributed by atoms with Crippen LogP contribution in [0.25, 0.3) is 11.3 Å². The second-order valence-corrected chi connectivity index (χ2v) is 3.95. The van der Waals surface area contributed by atoms with Crippen LogP contribution in [0.5, 0.6) is 11.5 Å². The van der Waals surface area contributed by atoms with Gasteiger partial charge >= 0.3 is 0 Å². The number of ether oxygens (including phenoxy) is 2. The summed E-state index contributed by atoms with van der Waals surface area (Å²) in [4.78, 5) is 0. The molecule has 0 aliphatic carbocycles. The summed E-state index contributed by atoms with van der Waals surface area (Å²) in [5, 5.41) is 4.42. The fourth-order valence-corrected chi connectivity index (χ4v) is 1.97. The molecule has 88 valence electrons. The molecule has 1 aliphatic rings. The van der Waals surface area contributed by atoms with E-state index in [2.05, 4.69) is 5.10 Å².